The van der Waals surface area contributed by atoms with Crippen LogP contribution in [0.15, 0.2) is 42.9 Å². The number of aromatic nitrogens is 1. The highest BCUT2D eigenvalue weighted by Gasteiger charge is 2.36. The number of anilines is 1. The Kier molecular flexibility index (Phi) is 5.69. The summed E-state index contributed by atoms with van der Waals surface area (Å²) in [6.07, 6.45) is 2.98. The molecule has 5 heterocycles. The van der Waals surface area contributed by atoms with Crippen molar-refractivity contribution in [3.63, 3.8) is 0 Å². The van der Waals surface area contributed by atoms with Gasteiger partial charge in [0.2, 0.25) is 5.91 Å². The van der Waals surface area contributed by atoms with Crippen molar-refractivity contribution in [2.24, 2.45) is 5.92 Å². The van der Waals surface area contributed by atoms with Crippen LogP contribution in [0.5, 0.6) is 0 Å². The highest BCUT2D eigenvalue weighted by atomic mass is 16.8. The van der Waals surface area contributed by atoms with Crippen LogP contribution in [0.2, 0.25) is 0 Å². The molecular weight excluding hydrogens is 490 g/mol. The molecule has 1 saturated heterocycles. The molecular formula is C28H28N3O7-. The van der Waals surface area contributed by atoms with Crippen molar-refractivity contribution in [3.8, 4) is 0 Å². The Balaban J connectivity index is 1.24. The van der Waals surface area contributed by atoms with Gasteiger partial charge in [0.1, 0.15) is 16.9 Å². The lowest BCUT2D eigenvalue weighted by Gasteiger charge is -2.43. The quantitative estimate of drug-likeness (QED) is 0.318. The molecule has 6 rings (SSSR count). The Morgan fingerprint density at radius 2 is 1.89 bits per heavy atom. The SMILES string of the molecule is Cc1coc2c(C)c3oc(=O)c(CCC(=O)N4CC5CC(C4)c4ccc(N([O-])O)c(=O)n4C5)c(C)c3cc12. The van der Waals surface area contributed by atoms with Gasteiger partial charge >= 0.3 is 5.63 Å². The van der Waals surface area contributed by atoms with Gasteiger partial charge in [0.05, 0.1) is 6.26 Å². The van der Waals surface area contributed by atoms with E-state index in [1.165, 1.54) is 6.07 Å². The number of furan rings is 1. The number of amides is 1. The van der Waals surface area contributed by atoms with E-state index < -0.39 is 16.4 Å². The van der Waals surface area contributed by atoms with E-state index in [0.717, 1.165) is 39.6 Å². The number of pyridine rings is 1. The van der Waals surface area contributed by atoms with Gasteiger partial charge in [0, 0.05) is 59.6 Å². The van der Waals surface area contributed by atoms with Crippen LogP contribution in [0.4, 0.5) is 5.69 Å². The lowest BCUT2D eigenvalue weighted by Crippen LogP contribution is -2.49. The molecule has 2 atom stereocenters. The van der Waals surface area contributed by atoms with Gasteiger partial charge in [-0.2, -0.15) is 0 Å². The van der Waals surface area contributed by atoms with Gasteiger partial charge in [-0.25, -0.2) is 4.79 Å². The minimum atomic E-state index is -0.522. The fraction of sp³-hybridized carbons (Fsp3) is 0.393. The van der Waals surface area contributed by atoms with Gasteiger partial charge in [-0.3, -0.25) is 14.8 Å². The molecule has 0 saturated carbocycles. The second kappa shape index (κ2) is 8.85. The van der Waals surface area contributed by atoms with E-state index in [-0.39, 0.29) is 36.3 Å². The summed E-state index contributed by atoms with van der Waals surface area (Å²) < 4.78 is 12.9. The Bertz CT molecular complexity index is 1730. The molecule has 2 unspecified atom stereocenters. The maximum atomic E-state index is 13.3. The third kappa shape index (κ3) is 3.74. The summed E-state index contributed by atoms with van der Waals surface area (Å²) in [6.45, 7) is 7.07. The van der Waals surface area contributed by atoms with Crippen molar-refractivity contribution < 1.29 is 18.8 Å². The van der Waals surface area contributed by atoms with Crippen molar-refractivity contribution >= 4 is 33.5 Å². The van der Waals surface area contributed by atoms with Crippen molar-refractivity contribution in [2.75, 3.05) is 18.3 Å². The predicted octanol–water partition coefficient (Wildman–Crippen LogP) is 3.90. The summed E-state index contributed by atoms with van der Waals surface area (Å²) in [5.74, 6) is -0.0273. The van der Waals surface area contributed by atoms with Crippen molar-refractivity contribution in [1.82, 2.24) is 9.47 Å². The average molecular weight is 519 g/mol. The molecule has 198 valence electrons. The molecule has 38 heavy (non-hydrogen) atoms. The molecule has 2 aliphatic heterocycles. The van der Waals surface area contributed by atoms with Crippen LogP contribution >= 0.6 is 0 Å². The van der Waals surface area contributed by atoms with Crippen LogP contribution in [0, 0.1) is 31.9 Å². The largest absolute Gasteiger partial charge is 0.733 e. The van der Waals surface area contributed by atoms with Crippen molar-refractivity contribution in [3.05, 3.63) is 78.4 Å². The summed E-state index contributed by atoms with van der Waals surface area (Å²) in [5.41, 5.74) is 3.79. The molecule has 1 amide bonds. The second-order valence-electron chi connectivity index (χ2n) is 10.6. The topological polar surface area (TPSA) is 132 Å². The minimum absolute atomic E-state index is 0.0388. The molecule has 1 fully saturated rings. The number of carbonyl (C=O) groups excluding carboxylic acids is 1. The number of rotatable bonds is 4. The third-order valence-corrected chi connectivity index (χ3v) is 8.27. The van der Waals surface area contributed by atoms with E-state index in [9.17, 15) is 24.8 Å². The normalized spacial score (nSPS) is 18.7. The van der Waals surface area contributed by atoms with Crippen LogP contribution < -0.4 is 16.4 Å². The van der Waals surface area contributed by atoms with E-state index in [1.807, 2.05) is 31.7 Å². The number of benzene rings is 1. The first-order valence-corrected chi connectivity index (χ1v) is 12.7. The molecule has 1 N–H and O–H groups in total. The number of likely N-dealkylation sites (tertiary alicyclic amines) is 1. The fourth-order valence-electron chi connectivity index (χ4n) is 6.28. The zero-order chi connectivity index (χ0) is 26.9. The number of carbonyl (C=O) groups is 1. The zero-order valence-corrected chi connectivity index (χ0v) is 21.4. The highest BCUT2D eigenvalue weighted by molar-refractivity contribution is 5.99. The number of aryl methyl sites for hydroxylation is 3. The minimum Gasteiger partial charge on any atom is -0.733 e. The van der Waals surface area contributed by atoms with Gasteiger partial charge in [-0.05, 0) is 68.9 Å². The first-order valence-electron chi connectivity index (χ1n) is 12.7. The third-order valence-electron chi connectivity index (χ3n) is 8.27. The number of hydrogen-bond donors (Lipinski definition) is 1. The first kappa shape index (κ1) is 24.4. The van der Waals surface area contributed by atoms with Crippen molar-refractivity contribution in [2.45, 2.75) is 52.5 Å². The fourth-order valence-corrected chi connectivity index (χ4v) is 6.28. The Labute approximate surface area is 217 Å². The Morgan fingerprint density at radius 3 is 2.66 bits per heavy atom. The zero-order valence-electron chi connectivity index (χ0n) is 21.4. The van der Waals surface area contributed by atoms with Crippen LogP contribution in [0.1, 0.15) is 46.7 Å². The molecule has 4 aromatic rings. The molecule has 2 aliphatic rings. The predicted molar refractivity (Wildman–Crippen MR) is 141 cm³/mol. The number of hydrogen-bond acceptors (Lipinski definition) is 8. The van der Waals surface area contributed by atoms with E-state index in [4.69, 9.17) is 8.83 Å². The van der Waals surface area contributed by atoms with E-state index in [0.29, 0.717) is 36.4 Å². The lowest BCUT2D eigenvalue weighted by molar-refractivity contribution is -0.133. The number of nitrogens with zero attached hydrogens (tertiary/aromatic N) is 3. The van der Waals surface area contributed by atoms with Crippen LogP contribution in [-0.2, 0) is 17.8 Å². The van der Waals surface area contributed by atoms with E-state index in [2.05, 4.69) is 0 Å². The Hall–Kier alpha value is -3.89. The van der Waals surface area contributed by atoms with Crippen molar-refractivity contribution in [1.29, 1.82) is 0 Å². The highest BCUT2D eigenvalue weighted by Crippen LogP contribution is 2.36. The molecule has 3 aromatic heterocycles. The second-order valence-corrected chi connectivity index (χ2v) is 10.6. The standard InChI is InChI=1S/C28H28N3O7/c1-14-13-37-25-16(3)26-21(9-20(14)25)15(2)19(28(34)38-26)4-7-24(32)29-10-17-8-18(12-29)22-5-6-23(31(35)36)27(33)30(22)11-17/h5-6,9,13,17-18,35H,4,7-8,10-12H2,1-3H3/q-1. The molecule has 0 aliphatic carbocycles. The summed E-state index contributed by atoms with van der Waals surface area (Å²) in [4.78, 5) is 40.7. The smallest absolute Gasteiger partial charge is 0.339 e. The van der Waals surface area contributed by atoms with Gasteiger partial charge in [0.25, 0.3) is 5.56 Å². The molecule has 10 heteroatoms. The van der Waals surface area contributed by atoms with Crippen LogP contribution in [0.3, 0.4) is 0 Å². The monoisotopic (exact) mass is 518 g/mol. The molecule has 0 spiro atoms. The summed E-state index contributed by atoms with van der Waals surface area (Å²) in [6, 6.07) is 4.99. The molecule has 1 aromatic carbocycles. The average Bonchev–Trinajstić information content (AvgIpc) is 3.25. The number of fused-ring (bicyclic) bond motifs is 6. The summed E-state index contributed by atoms with van der Waals surface area (Å²) in [5, 5.41) is 21.9. The molecule has 10 nitrogen and oxygen atoms in total. The maximum Gasteiger partial charge on any atom is 0.339 e. The van der Waals surface area contributed by atoms with Gasteiger partial charge in [0.15, 0.2) is 0 Å². The summed E-state index contributed by atoms with van der Waals surface area (Å²) in [7, 11) is 0. The number of piperidine rings is 1. The Morgan fingerprint density at radius 1 is 1.11 bits per heavy atom. The lowest BCUT2D eigenvalue weighted by atomic mass is 9.83. The van der Waals surface area contributed by atoms with Crippen LogP contribution in [0.25, 0.3) is 21.9 Å². The molecule has 0 radical (unpaired) electrons. The summed E-state index contributed by atoms with van der Waals surface area (Å²) >= 11 is 0. The molecule has 2 bridgehead atoms. The van der Waals surface area contributed by atoms with Crippen LogP contribution in [-0.4, -0.2) is 33.7 Å². The van der Waals surface area contributed by atoms with Gasteiger partial charge in [-0.15, -0.1) is 0 Å². The van der Waals surface area contributed by atoms with Gasteiger partial charge < -0.3 is 28.7 Å². The maximum absolute atomic E-state index is 13.3. The van der Waals surface area contributed by atoms with Gasteiger partial charge in [-0.1, -0.05) is 0 Å². The van der Waals surface area contributed by atoms with E-state index >= 15 is 0 Å². The first-order chi connectivity index (χ1) is 18.1. The van der Waals surface area contributed by atoms with E-state index in [1.54, 1.807) is 16.9 Å².